The Labute approximate surface area is 106 Å². The highest BCUT2D eigenvalue weighted by Gasteiger charge is 2.35. The first-order valence-electron chi connectivity index (χ1n) is 6.00. The van der Waals surface area contributed by atoms with Crippen molar-refractivity contribution in [2.75, 3.05) is 0 Å². The van der Waals surface area contributed by atoms with Crippen LogP contribution in [0.5, 0.6) is 0 Å². The zero-order chi connectivity index (χ0) is 12.3. The molecule has 0 amide bonds. The van der Waals surface area contributed by atoms with Crippen molar-refractivity contribution in [1.82, 2.24) is 0 Å². The topological polar surface area (TPSA) is 23.8 Å². The summed E-state index contributed by atoms with van der Waals surface area (Å²) in [5.74, 6) is 0.475. The first-order valence-corrected chi connectivity index (χ1v) is 6.82. The van der Waals surface area contributed by atoms with E-state index in [1.54, 1.807) is 12.1 Å². The smallest absolute Gasteiger partial charge is 0.136 e. The summed E-state index contributed by atoms with van der Waals surface area (Å²) in [6.07, 6.45) is 3.86. The molecule has 0 aliphatic heterocycles. The fourth-order valence-electron chi connectivity index (χ4n) is 2.20. The Balaban J connectivity index is 2.16. The van der Waals surface area contributed by atoms with Crippen molar-refractivity contribution in [3.63, 3.8) is 0 Å². The van der Waals surface area contributed by atoms with Crippen LogP contribution in [-0.4, -0.2) is 4.75 Å². The van der Waals surface area contributed by atoms with E-state index in [2.05, 4.69) is 13.0 Å². The van der Waals surface area contributed by atoms with E-state index in [1.165, 1.54) is 17.8 Å². The molecule has 1 nitrogen and oxygen atoms in total. The van der Waals surface area contributed by atoms with Crippen molar-refractivity contribution in [1.29, 1.82) is 5.26 Å². The highest BCUT2D eigenvalue weighted by Crippen LogP contribution is 2.45. The molecule has 1 fully saturated rings. The zero-order valence-electron chi connectivity index (χ0n) is 9.95. The first kappa shape index (κ1) is 12.4. The SMILES string of the molecule is CC1CCC(C#N)(Sc2ccccc2F)CC1. The van der Waals surface area contributed by atoms with E-state index in [0.717, 1.165) is 25.7 Å². The van der Waals surface area contributed by atoms with Gasteiger partial charge in [-0.25, -0.2) is 4.39 Å². The number of thioether (sulfide) groups is 1. The van der Waals surface area contributed by atoms with Crippen molar-refractivity contribution in [2.45, 2.75) is 42.2 Å². The lowest BCUT2D eigenvalue weighted by molar-refractivity contribution is 0.357. The molecule has 0 unspecified atom stereocenters. The fourth-order valence-corrected chi connectivity index (χ4v) is 3.42. The van der Waals surface area contributed by atoms with Crippen LogP contribution in [0.2, 0.25) is 0 Å². The van der Waals surface area contributed by atoms with Crippen molar-refractivity contribution in [3.05, 3.63) is 30.1 Å². The van der Waals surface area contributed by atoms with Gasteiger partial charge in [-0.05, 0) is 43.7 Å². The Morgan fingerprint density at radius 1 is 1.35 bits per heavy atom. The van der Waals surface area contributed by atoms with E-state index in [-0.39, 0.29) is 5.82 Å². The predicted octanol–water partition coefficient (Wildman–Crippen LogP) is 4.39. The molecule has 1 aromatic rings. The molecule has 3 heteroatoms. The average Bonchev–Trinajstić information content (AvgIpc) is 2.35. The fraction of sp³-hybridized carbons (Fsp3) is 0.500. The van der Waals surface area contributed by atoms with Gasteiger partial charge < -0.3 is 0 Å². The molecule has 2 rings (SSSR count). The van der Waals surface area contributed by atoms with Gasteiger partial charge in [-0.2, -0.15) is 5.26 Å². The molecule has 0 radical (unpaired) electrons. The summed E-state index contributed by atoms with van der Waals surface area (Å²) in [5.41, 5.74) is 0. The Kier molecular flexibility index (Phi) is 3.73. The van der Waals surface area contributed by atoms with Gasteiger partial charge in [0.1, 0.15) is 10.6 Å². The van der Waals surface area contributed by atoms with Crippen molar-refractivity contribution >= 4 is 11.8 Å². The molecule has 0 heterocycles. The van der Waals surface area contributed by atoms with Crippen LogP contribution in [0.15, 0.2) is 29.2 Å². The van der Waals surface area contributed by atoms with Crippen LogP contribution in [0.25, 0.3) is 0 Å². The van der Waals surface area contributed by atoms with Gasteiger partial charge in [0, 0.05) is 4.90 Å². The lowest BCUT2D eigenvalue weighted by atomic mass is 9.83. The van der Waals surface area contributed by atoms with Crippen LogP contribution in [-0.2, 0) is 0 Å². The number of halogens is 1. The third-order valence-corrected chi connectivity index (χ3v) is 4.87. The van der Waals surface area contributed by atoms with Gasteiger partial charge in [0.25, 0.3) is 0 Å². The van der Waals surface area contributed by atoms with Crippen molar-refractivity contribution in [2.24, 2.45) is 5.92 Å². The summed E-state index contributed by atoms with van der Waals surface area (Å²) in [4.78, 5) is 0.601. The molecule has 90 valence electrons. The first-order chi connectivity index (χ1) is 8.15. The Morgan fingerprint density at radius 3 is 2.59 bits per heavy atom. The predicted molar refractivity (Wildman–Crippen MR) is 68.2 cm³/mol. The quantitative estimate of drug-likeness (QED) is 0.776. The van der Waals surface area contributed by atoms with Gasteiger partial charge in [-0.3, -0.25) is 0 Å². The summed E-state index contributed by atoms with van der Waals surface area (Å²) < 4.78 is 13.2. The number of nitrogens with zero attached hydrogens (tertiary/aromatic N) is 1. The van der Waals surface area contributed by atoms with Crippen LogP contribution in [0.1, 0.15) is 32.6 Å². The highest BCUT2D eigenvalue weighted by molar-refractivity contribution is 8.01. The highest BCUT2D eigenvalue weighted by atomic mass is 32.2. The van der Waals surface area contributed by atoms with Gasteiger partial charge in [0.2, 0.25) is 0 Å². The summed E-state index contributed by atoms with van der Waals surface area (Å²) in [6, 6.07) is 9.13. The molecule has 1 saturated carbocycles. The number of rotatable bonds is 2. The largest absolute Gasteiger partial charge is 0.206 e. The van der Waals surface area contributed by atoms with E-state index in [0.29, 0.717) is 10.8 Å². The second-order valence-electron chi connectivity index (χ2n) is 4.82. The normalized spacial score (nSPS) is 28.6. The Bertz CT molecular complexity index is 430. The minimum atomic E-state index is -0.422. The van der Waals surface area contributed by atoms with Gasteiger partial charge >= 0.3 is 0 Å². The second kappa shape index (κ2) is 5.10. The summed E-state index contributed by atoms with van der Waals surface area (Å²) in [7, 11) is 0. The van der Waals surface area contributed by atoms with E-state index in [9.17, 15) is 9.65 Å². The molecular weight excluding hydrogens is 233 g/mol. The third-order valence-electron chi connectivity index (χ3n) is 3.43. The zero-order valence-corrected chi connectivity index (χ0v) is 10.8. The van der Waals surface area contributed by atoms with Gasteiger partial charge in [-0.15, -0.1) is 11.8 Å². The third kappa shape index (κ3) is 2.81. The van der Waals surface area contributed by atoms with E-state index < -0.39 is 4.75 Å². The van der Waals surface area contributed by atoms with Crippen LogP contribution < -0.4 is 0 Å². The number of benzene rings is 1. The van der Waals surface area contributed by atoms with Crippen LogP contribution in [0, 0.1) is 23.1 Å². The lowest BCUT2D eigenvalue weighted by Gasteiger charge is -2.33. The second-order valence-corrected chi connectivity index (χ2v) is 6.25. The lowest BCUT2D eigenvalue weighted by Crippen LogP contribution is -2.28. The maximum absolute atomic E-state index is 13.6. The number of hydrogen-bond acceptors (Lipinski definition) is 2. The average molecular weight is 249 g/mol. The molecule has 0 spiro atoms. The molecule has 0 atom stereocenters. The van der Waals surface area contributed by atoms with E-state index in [1.807, 2.05) is 6.07 Å². The van der Waals surface area contributed by atoms with E-state index >= 15 is 0 Å². The molecule has 1 aliphatic rings. The summed E-state index contributed by atoms with van der Waals surface area (Å²) >= 11 is 1.40. The van der Waals surface area contributed by atoms with Crippen LogP contribution in [0.3, 0.4) is 0 Å². The minimum absolute atomic E-state index is 0.217. The Hall–Kier alpha value is -1.01. The summed E-state index contributed by atoms with van der Waals surface area (Å²) in [6.45, 7) is 2.22. The molecule has 17 heavy (non-hydrogen) atoms. The van der Waals surface area contributed by atoms with Gasteiger partial charge in [0.15, 0.2) is 0 Å². The number of nitriles is 1. The number of hydrogen-bond donors (Lipinski definition) is 0. The molecular formula is C14H16FNS. The van der Waals surface area contributed by atoms with Crippen molar-refractivity contribution in [3.8, 4) is 6.07 Å². The van der Waals surface area contributed by atoms with E-state index in [4.69, 9.17) is 0 Å². The van der Waals surface area contributed by atoms with Crippen LogP contribution in [0.4, 0.5) is 4.39 Å². The summed E-state index contributed by atoms with van der Waals surface area (Å²) in [5, 5.41) is 9.39. The molecule has 1 aromatic carbocycles. The standard InChI is InChI=1S/C14H16FNS/c1-11-6-8-14(10-16,9-7-11)17-13-5-3-2-4-12(13)15/h2-5,11H,6-9H2,1H3. The molecule has 0 saturated heterocycles. The van der Waals surface area contributed by atoms with Gasteiger partial charge in [-0.1, -0.05) is 19.1 Å². The minimum Gasteiger partial charge on any atom is -0.206 e. The monoisotopic (exact) mass is 249 g/mol. The molecule has 1 aliphatic carbocycles. The Morgan fingerprint density at radius 2 is 2.00 bits per heavy atom. The van der Waals surface area contributed by atoms with Crippen molar-refractivity contribution < 1.29 is 4.39 Å². The molecule has 0 N–H and O–H groups in total. The maximum atomic E-state index is 13.6. The van der Waals surface area contributed by atoms with Crippen LogP contribution >= 0.6 is 11.8 Å². The molecule has 0 aromatic heterocycles. The maximum Gasteiger partial charge on any atom is 0.136 e. The molecule has 0 bridgehead atoms. The van der Waals surface area contributed by atoms with Gasteiger partial charge in [0.05, 0.1) is 6.07 Å².